The molecule has 0 atom stereocenters. The average Bonchev–Trinajstić information content (AvgIpc) is 2.14. The Kier molecular flexibility index (Phi) is 5.20. The first-order valence-corrected chi connectivity index (χ1v) is 8.30. The predicted molar refractivity (Wildman–Crippen MR) is 82.3 cm³/mol. The zero-order chi connectivity index (χ0) is 13.2. The van der Waals surface area contributed by atoms with Crippen LogP contribution in [0.3, 0.4) is 0 Å². The van der Waals surface area contributed by atoms with E-state index in [1.165, 1.54) is 17.3 Å². The minimum absolute atomic E-state index is 0.0830. The van der Waals surface area contributed by atoms with Crippen LogP contribution in [0.1, 0.15) is 48.0 Å². The molecule has 0 aliphatic heterocycles. The lowest BCUT2D eigenvalue weighted by molar-refractivity contribution is 0.991. The number of hydrogen-bond acceptors (Lipinski definition) is 0. The van der Waals surface area contributed by atoms with E-state index in [1.807, 2.05) is 0 Å². The Bertz CT molecular complexity index is 348. The van der Waals surface area contributed by atoms with E-state index in [1.54, 1.807) is 11.1 Å². The molecule has 0 saturated carbocycles. The van der Waals surface area contributed by atoms with Crippen LogP contribution in [-0.4, -0.2) is 17.5 Å². The summed E-state index contributed by atoms with van der Waals surface area (Å²) in [7, 11) is 0.0830. The van der Waals surface area contributed by atoms with Gasteiger partial charge in [-0.2, -0.15) is 0 Å². The van der Waals surface area contributed by atoms with Gasteiger partial charge in [0.25, 0.3) is 0 Å². The van der Waals surface area contributed by atoms with Crippen LogP contribution in [0.2, 0.25) is 0 Å². The maximum Gasteiger partial charge on any atom is -0.00632 e. The van der Waals surface area contributed by atoms with Crippen LogP contribution in [0, 0.1) is 0 Å². The summed E-state index contributed by atoms with van der Waals surface area (Å²) in [6.07, 6.45) is 4.68. The second kappa shape index (κ2) is 6.01. The zero-order valence-electron chi connectivity index (χ0n) is 12.3. The second-order valence-electron chi connectivity index (χ2n) is 5.81. The van der Waals surface area contributed by atoms with Crippen molar-refractivity contribution in [2.75, 3.05) is 6.16 Å². The molecule has 0 nitrogen and oxygen atoms in total. The van der Waals surface area contributed by atoms with Crippen LogP contribution in [0.15, 0.2) is 34.9 Å². The monoisotopic (exact) mass is 250 g/mol. The average molecular weight is 250 g/mol. The van der Waals surface area contributed by atoms with Gasteiger partial charge >= 0.3 is 0 Å². The first-order chi connectivity index (χ1) is 7.82. The van der Waals surface area contributed by atoms with E-state index in [4.69, 9.17) is 0 Å². The molecule has 1 aliphatic rings. The Balaban J connectivity index is 2.87. The first-order valence-electron chi connectivity index (χ1n) is 6.63. The van der Waals surface area contributed by atoms with Gasteiger partial charge in [0, 0.05) is 0 Å². The maximum absolute atomic E-state index is 4.24. The summed E-state index contributed by atoms with van der Waals surface area (Å²) in [5, 5.41) is 0. The molecule has 0 aromatic carbocycles. The smallest absolute Gasteiger partial charge is 0.00632 e. The molecule has 0 radical (unpaired) electrons. The Morgan fingerprint density at radius 3 is 2.12 bits per heavy atom. The zero-order valence-corrected chi connectivity index (χ0v) is 13.2. The van der Waals surface area contributed by atoms with Crippen LogP contribution in [-0.2, 0) is 0 Å². The summed E-state index contributed by atoms with van der Waals surface area (Å²) < 4.78 is 0. The van der Waals surface area contributed by atoms with Crippen LogP contribution in [0.4, 0.5) is 0 Å². The van der Waals surface area contributed by atoms with Gasteiger partial charge in [0.1, 0.15) is 0 Å². The van der Waals surface area contributed by atoms with Crippen molar-refractivity contribution in [3.05, 3.63) is 34.9 Å². The van der Waals surface area contributed by atoms with Crippen molar-refractivity contribution in [1.82, 2.24) is 0 Å². The van der Waals surface area contributed by atoms with Crippen LogP contribution in [0.25, 0.3) is 0 Å². The molecule has 0 heterocycles. The van der Waals surface area contributed by atoms with Crippen molar-refractivity contribution in [3.63, 3.8) is 0 Å². The topological polar surface area (TPSA) is 0 Å². The van der Waals surface area contributed by atoms with Crippen molar-refractivity contribution < 1.29 is 0 Å². The molecular weight excluding hydrogens is 223 g/mol. The van der Waals surface area contributed by atoms with Crippen molar-refractivity contribution in [2.24, 2.45) is 0 Å². The molecule has 1 heteroatoms. The highest BCUT2D eigenvalue weighted by Crippen LogP contribution is 2.49. The molecule has 1 aliphatic carbocycles. The van der Waals surface area contributed by atoms with E-state index < -0.39 is 0 Å². The van der Waals surface area contributed by atoms with Gasteiger partial charge in [-0.05, 0) is 48.9 Å². The molecule has 0 N–H and O–H groups in total. The third-order valence-electron chi connectivity index (χ3n) is 3.53. The van der Waals surface area contributed by atoms with Gasteiger partial charge in [-0.25, -0.2) is 0 Å². The number of hydrogen-bond donors (Lipinski definition) is 0. The molecule has 17 heavy (non-hydrogen) atoms. The molecule has 0 aromatic heterocycles. The van der Waals surface area contributed by atoms with Gasteiger partial charge in [0.15, 0.2) is 0 Å². The summed E-state index contributed by atoms with van der Waals surface area (Å²) in [6, 6.07) is 0. The van der Waals surface area contributed by atoms with Gasteiger partial charge in [-0.1, -0.05) is 59.4 Å². The minimum Gasteiger partial charge on any atom is -0.0969 e. The van der Waals surface area contributed by atoms with Crippen LogP contribution < -0.4 is 0 Å². The molecular formula is C16H27P. The quantitative estimate of drug-likeness (QED) is 0.577. The molecule has 0 bridgehead atoms. The Morgan fingerprint density at radius 1 is 1.18 bits per heavy atom. The first kappa shape index (κ1) is 14.7. The summed E-state index contributed by atoms with van der Waals surface area (Å²) in [5.74, 6) is 0. The fraction of sp³-hybridized carbons (Fsp3) is 0.625. The van der Waals surface area contributed by atoms with E-state index in [9.17, 15) is 0 Å². The highest BCUT2D eigenvalue weighted by atomic mass is 31.1. The van der Waals surface area contributed by atoms with E-state index in [0.717, 1.165) is 17.7 Å². The van der Waals surface area contributed by atoms with Gasteiger partial charge in [0.2, 0.25) is 0 Å². The summed E-state index contributed by atoms with van der Waals surface area (Å²) in [5.41, 5.74) is 7.43. The highest BCUT2D eigenvalue weighted by molar-refractivity contribution is 7.59. The number of rotatable bonds is 4. The van der Waals surface area contributed by atoms with E-state index in [2.05, 4.69) is 54.2 Å². The highest BCUT2D eigenvalue weighted by Gasteiger charge is 2.21. The molecule has 0 aromatic rings. The minimum atomic E-state index is 0.0830. The van der Waals surface area contributed by atoms with E-state index in [0.29, 0.717) is 0 Å². The standard InChI is InChI=1S/C16H27P/c1-11(2)17(12(3)4)10-16-14(6)8-13(5)9-15(16)7/h8,11-12H,6,9-10H2,1-5,7H3. The molecule has 0 unspecified atom stereocenters. The molecule has 96 valence electrons. The Labute approximate surface area is 109 Å². The maximum atomic E-state index is 4.24. The van der Waals surface area contributed by atoms with Crippen molar-refractivity contribution in [3.8, 4) is 0 Å². The Hall–Kier alpha value is -0.350. The SMILES string of the molecule is C=C1C=C(C)CC(C)=C1CP(C(C)C)C(C)C. The number of allylic oxidation sites excluding steroid dienone is 5. The Morgan fingerprint density at radius 2 is 1.71 bits per heavy atom. The van der Waals surface area contributed by atoms with Crippen LogP contribution >= 0.6 is 7.92 Å². The van der Waals surface area contributed by atoms with E-state index >= 15 is 0 Å². The van der Waals surface area contributed by atoms with Gasteiger partial charge in [-0.3, -0.25) is 0 Å². The van der Waals surface area contributed by atoms with Crippen molar-refractivity contribution >= 4 is 7.92 Å². The second-order valence-corrected chi connectivity index (χ2v) is 9.22. The lowest BCUT2D eigenvalue weighted by atomic mass is 9.91. The third-order valence-corrected chi connectivity index (χ3v) is 6.87. The third kappa shape index (κ3) is 3.81. The van der Waals surface area contributed by atoms with Gasteiger partial charge < -0.3 is 0 Å². The largest absolute Gasteiger partial charge is 0.0969 e. The van der Waals surface area contributed by atoms with Gasteiger partial charge in [-0.15, -0.1) is 0 Å². The molecule has 0 spiro atoms. The fourth-order valence-electron chi connectivity index (χ4n) is 2.62. The predicted octanol–water partition coefficient (Wildman–Crippen LogP) is 5.51. The van der Waals surface area contributed by atoms with E-state index in [-0.39, 0.29) is 7.92 Å². The van der Waals surface area contributed by atoms with Gasteiger partial charge in [0.05, 0.1) is 0 Å². The van der Waals surface area contributed by atoms with Crippen molar-refractivity contribution in [1.29, 1.82) is 0 Å². The summed E-state index contributed by atoms with van der Waals surface area (Å²) in [4.78, 5) is 0. The molecule has 0 amide bonds. The lowest BCUT2D eigenvalue weighted by Crippen LogP contribution is -2.11. The van der Waals surface area contributed by atoms with Crippen LogP contribution in [0.5, 0.6) is 0 Å². The fourth-order valence-corrected chi connectivity index (χ4v) is 5.38. The van der Waals surface area contributed by atoms with Crippen molar-refractivity contribution in [2.45, 2.75) is 59.3 Å². The molecule has 0 saturated heterocycles. The summed E-state index contributed by atoms with van der Waals surface area (Å²) in [6.45, 7) is 18.2. The lowest BCUT2D eigenvalue weighted by Gasteiger charge is -2.29. The molecule has 0 fully saturated rings. The summed E-state index contributed by atoms with van der Waals surface area (Å²) >= 11 is 0. The normalized spacial score (nSPS) is 17.5. The molecule has 1 rings (SSSR count).